The van der Waals surface area contributed by atoms with Crippen LogP contribution in [0.3, 0.4) is 0 Å². The normalized spacial score (nSPS) is 12.5. The van der Waals surface area contributed by atoms with Crippen molar-refractivity contribution in [2.45, 2.75) is 33.4 Å². The Labute approximate surface area is 103 Å². The summed E-state index contributed by atoms with van der Waals surface area (Å²) in [5.41, 5.74) is 1.09. The third-order valence-corrected chi connectivity index (χ3v) is 2.36. The first kappa shape index (κ1) is 13.7. The van der Waals surface area contributed by atoms with Crippen LogP contribution in [0.4, 0.5) is 0 Å². The number of ether oxygens (including phenoxy) is 1. The maximum atomic E-state index is 11.7. The minimum absolute atomic E-state index is 0.0606. The number of amides is 1. The van der Waals surface area contributed by atoms with E-state index in [0.717, 1.165) is 5.56 Å². The lowest BCUT2D eigenvalue weighted by atomic mass is 10.2. The van der Waals surface area contributed by atoms with Gasteiger partial charge in [0.05, 0.1) is 0 Å². The lowest BCUT2D eigenvalue weighted by Gasteiger charge is -2.14. The molecule has 1 atom stereocenters. The maximum absolute atomic E-state index is 11.7. The van der Waals surface area contributed by atoms with Crippen molar-refractivity contribution >= 4 is 5.91 Å². The van der Waals surface area contributed by atoms with Gasteiger partial charge in [0, 0.05) is 13.2 Å². The van der Waals surface area contributed by atoms with Gasteiger partial charge < -0.3 is 10.1 Å². The molecule has 94 valence electrons. The molecule has 0 fully saturated rings. The molecule has 0 aliphatic heterocycles. The molecule has 0 saturated heterocycles. The number of benzene rings is 1. The third-order valence-electron chi connectivity index (χ3n) is 2.36. The molecule has 0 unspecified atom stereocenters. The second kappa shape index (κ2) is 7.07. The Morgan fingerprint density at radius 2 is 1.88 bits per heavy atom. The molecule has 0 radical (unpaired) electrons. The number of hydrogen-bond acceptors (Lipinski definition) is 2. The molecule has 0 saturated carbocycles. The smallest absolute Gasteiger partial charge is 0.249 e. The Morgan fingerprint density at radius 3 is 2.47 bits per heavy atom. The first-order valence-corrected chi connectivity index (χ1v) is 6.03. The van der Waals surface area contributed by atoms with Crippen LogP contribution in [-0.2, 0) is 16.1 Å². The van der Waals surface area contributed by atoms with Gasteiger partial charge >= 0.3 is 0 Å². The molecule has 1 aromatic rings. The number of carbonyl (C=O) groups excluding carboxylic acids is 1. The molecule has 1 rings (SSSR count). The highest BCUT2D eigenvalue weighted by Gasteiger charge is 2.13. The minimum atomic E-state index is -0.388. The largest absolute Gasteiger partial charge is 0.368 e. The molecule has 1 N–H and O–H groups in total. The van der Waals surface area contributed by atoms with Crippen molar-refractivity contribution in [3.63, 3.8) is 0 Å². The van der Waals surface area contributed by atoms with E-state index in [1.165, 1.54) is 0 Å². The SMILES string of the molecule is CC(C)CO[C@@H](C)C(=O)NCc1ccccc1. The van der Waals surface area contributed by atoms with E-state index < -0.39 is 0 Å². The fraction of sp³-hybridized carbons (Fsp3) is 0.500. The average Bonchev–Trinajstić information content (AvgIpc) is 2.34. The summed E-state index contributed by atoms with van der Waals surface area (Å²) >= 11 is 0. The van der Waals surface area contributed by atoms with Gasteiger partial charge in [-0.05, 0) is 18.4 Å². The van der Waals surface area contributed by atoms with Crippen LogP contribution >= 0.6 is 0 Å². The predicted molar refractivity (Wildman–Crippen MR) is 68.5 cm³/mol. The number of hydrogen-bond donors (Lipinski definition) is 1. The molecule has 1 aromatic carbocycles. The van der Waals surface area contributed by atoms with Crippen molar-refractivity contribution in [1.82, 2.24) is 5.32 Å². The van der Waals surface area contributed by atoms with E-state index in [0.29, 0.717) is 19.1 Å². The number of nitrogens with one attached hydrogen (secondary N) is 1. The summed E-state index contributed by atoms with van der Waals surface area (Å²) in [6, 6.07) is 9.85. The summed E-state index contributed by atoms with van der Waals surface area (Å²) in [4.78, 5) is 11.7. The highest BCUT2D eigenvalue weighted by atomic mass is 16.5. The van der Waals surface area contributed by atoms with Crippen LogP contribution < -0.4 is 5.32 Å². The van der Waals surface area contributed by atoms with Crippen molar-refractivity contribution in [1.29, 1.82) is 0 Å². The topological polar surface area (TPSA) is 38.3 Å². The van der Waals surface area contributed by atoms with Crippen LogP contribution in [0.5, 0.6) is 0 Å². The van der Waals surface area contributed by atoms with Crippen LogP contribution in [-0.4, -0.2) is 18.6 Å². The second-order valence-electron chi connectivity index (χ2n) is 4.57. The molecule has 0 heterocycles. The first-order valence-electron chi connectivity index (χ1n) is 6.03. The molecular formula is C14H21NO2. The highest BCUT2D eigenvalue weighted by Crippen LogP contribution is 2.00. The standard InChI is InChI=1S/C14H21NO2/c1-11(2)10-17-12(3)14(16)15-9-13-7-5-4-6-8-13/h4-8,11-12H,9-10H2,1-3H3,(H,15,16)/t12-/m0/s1. The zero-order chi connectivity index (χ0) is 12.7. The molecule has 0 aliphatic rings. The minimum Gasteiger partial charge on any atom is -0.368 e. The third kappa shape index (κ3) is 5.50. The Balaban J connectivity index is 2.29. The maximum Gasteiger partial charge on any atom is 0.249 e. The molecule has 0 spiro atoms. The highest BCUT2D eigenvalue weighted by molar-refractivity contribution is 5.80. The fourth-order valence-electron chi connectivity index (χ4n) is 1.34. The number of rotatable bonds is 6. The van der Waals surface area contributed by atoms with E-state index in [2.05, 4.69) is 19.2 Å². The van der Waals surface area contributed by atoms with E-state index in [1.807, 2.05) is 30.3 Å². The predicted octanol–water partition coefficient (Wildman–Crippen LogP) is 2.36. The lowest BCUT2D eigenvalue weighted by Crippen LogP contribution is -2.34. The second-order valence-corrected chi connectivity index (χ2v) is 4.57. The van der Waals surface area contributed by atoms with Gasteiger partial charge in [-0.3, -0.25) is 4.79 Å². The van der Waals surface area contributed by atoms with Crippen molar-refractivity contribution in [3.05, 3.63) is 35.9 Å². The number of carbonyl (C=O) groups is 1. The molecule has 0 bridgehead atoms. The van der Waals surface area contributed by atoms with E-state index in [9.17, 15) is 4.79 Å². The summed E-state index contributed by atoms with van der Waals surface area (Å²) in [6.07, 6.45) is -0.388. The Bertz CT molecular complexity index is 335. The van der Waals surface area contributed by atoms with E-state index >= 15 is 0 Å². The van der Waals surface area contributed by atoms with E-state index in [1.54, 1.807) is 6.92 Å². The van der Waals surface area contributed by atoms with Gasteiger partial charge in [-0.25, -0.2) is 0 Å². The van der Waals surface area contributed by atoms with Gasteiger partial charge in [0.2, 0.25) is 5.91 Å². The fourth-order valence-corrected chi connectivity index (χ4v) is 1.34. The van der Waals surface area contributed by atoms with Gasteiger partial charge in [-0.1, -0.05) is 44.2 Å². The summed E-state index contributed by atoms with van der Waals surface area (Å²) in [5, 5.41) is 2.86. The van der Waals surface area contributed by atoms with Crippen molar-refractivity contribution in [2.24, 2.45) is 5.92 Å². The van der Waals surface area contributed by atoms with Crippen LogP contribution in [0.2, 0.25) is 0 Å². The quantitative estimate of drug-likeness (QED) is 0.822. The average molecular weight is 235 g/mol. The van der Waals surface area contributed by atoms with E-state index in [-0.39, 0.29) is 12.0 Å². The lowest BCUT2D eigenvalue weighted by molar-refractivity contribution is -0.132. The van der Waals surface area contributed by atoms with Crippen molar-refractivity contribution < 1.29 is 9.53 Å². The summed E-state index contributed by atoms with van der Waals surface area (Å²) in [5.74, 6) is 0.383. The monoisotopic (exact) mass is 235 g/mol. The van der Waals surface area contributed by atoms with Gasteiger partial charge in [0.15, 0.2) is 0 Å². The first-order chi connectivity index (χ1) is 8.09. The molecule has 1 amide bonds. The van der Waals surface area contributed by atoms with Crippen LogP contribution in [0.15, 0.2) is 30.3 Å². The van der Waals surface area contributed by atoms with Crippen LogP contribution in [0.25, 0.3) is 0 Å². The summed E-state index contributed by atoms with van der Waals surface area (Å²) < 4.78 is 5.44. The van der Waals surface area contributed by atoms with Gasteiger partial charge in [-0.2, -0.15) is 0 Å². The Morgan fingerprint density at radius 1 is 1.24 bits per heavy atom. The van der Waals surface area contributed by atoms with Gasteiger partial charge in [-0.15, -0.1) is 0 Å². The zero-order valence-corrected chi connectivity index (χ0v) is 10.8. The molecule has 0 aliphatic carbocycles. The summed E-state index contributed by atoms with van der Waals surface area (Å²) in [7, 11) is 0. The van der Waals surface area contributed by atoms with Crippen molar-refractivity contribution in [2.75, 3.05) is 6.61 Å². The van der Waals surface area contributed by atoms with Crippen LogP contribution in [0, 0.1) is 5.92 Å². The van der Waals surface area contributed by atoms with Gasteiger partial charge in [0.1, 0.15) is 6.10 Å². The molecule has 0 aromatic heterocycles. The van der Waals surface area contributed by atoms with Crippen LogP contribution in [0.1, 0.15) is 26.3 Å². The summed E-state index contributed by atoms with van der Waals surface area (Å²) in [6.45, 7) is 7.07. The van der Waals surface area contributed by atoms with E-state index in [4.69, 9.17) is 4.74 Å². The molecule has 17 heavy (non-hydrogen) atoms. The molecule has 3 nitrogen and oxygen atoms in total. The molecular weight excluding hydrogens is 214 g/mol. The Hall–Kier alpha value is -1.35. The van der Waals surface area contributed by atoms with Crippen molar-refractivity contribution in [3.8, 4) is 0 Å². The Kier molecular flexibility index (Phi) is 5.70. The van der Waals surface area contributed by atoms with Gasteiger partial charge in [0.25, 0.3) is 0 Å². The zero-order valence-electron chi connectivity index (χ0n) is 10.8. The molecule has 3 heteroatoms.